The van der Waals surface area contributed by atoms with Crippen LogP contribution in [0.15, 0.2) is 42.5 Å². The zero-order chi connectivity index (χ0) is 20.7. The van der Waals surface area contributed by atoms with Crippen molar-refractivity contribution in [2.24, 2.45) is 0 Å². The normalized spacial score (nSPS) is 11.6. The maximum Gasteiger partial charge on any atom is 0.493 e. The van der Waals surface area contributed by atoms with Gasteiger partial charge in [-0.25, -0.2) is 13.6 Å². The quantitative estimate of drug-likeness (QED) is 0.545. The summed E-state index contributed by atoms with van der Waals surface area (Å²) in [6, 6.07) is 9.17. The monoisotopic (exact) mass is 391 g/mol. The van der Waals surface area contributed by atoms with E-state index < -0.39 is 42.2 Å². The fourth-order valence-corrected chi connectivity index (χ4v) is 2.67. The smallest absolute Gasteiger partial charge is 0.467 e. The van der Waals surface area contributed by atoms with Gasteiger partial charge in [-0.1, -0.05) is 30.3 Å². The van der Waals surface area contributed by atoms with E-state index >= 15 is 0 Å². The minimum atomic E-state index is -1.28. The summed E-state index contributed by atoms with van der Waals surface area (Å²) in [4.78, 5) is 24.4. The van der Waals surface area contributed by atoms with Gasteiger partial charge in [0.15, 0.2) is 11.6 Å². The number of carbonyl (C=O) groups excluding carboxylic acids is 2. The van der Waals surface area contributed by atoms with Gasteiger partial charge in [-0.05, 0) is 23.2 Å². The molecule has 0 saturated carbocycles. The molecule has 0 heterocycles. The molecule has 0 unspecified atom stereocenters. The van der Waals surface area contributed by atoms with Crippen LogP contribution in [-0.2, 0) is 25.3 Å². The number of amides is 1. The van der Waals surface area contributed by atoms with Gasteiger partial charge in [0.1, 0.15) is 6.04 Å². The fourth-order valence-electron chi connectivity index (χ4n) is 2.67. The van der Waals surface area contributed by atoms with Crippen LogP contribution in [0.4, 0.5) is 8.78 Å². The SMILES string of the molecule is COB(OC)c1ccc(C[C@@H](NC(=O)c2cccc(F)c2F)C(=O)OC)cc1. The second kappa shape index (κ2) is 9.96. The Hall–Kier alpha value is -2.78. The van der Waals surface area contributed by atoms with Gasteiger partial charge in [0, 0.05) is 20.6 Å². The van der Waals surface area contributed by atoms with Crippen LogP contribution in [0.2, 0.25) is 0 Å². The lowest BCUT2D eigenvalue weighted by atomic mass is 9.78. The number of halogens is 2. The van der Waals surface area contributed by atoms with E-state index in [0.29, 0.717) is 5.56 Å². The van der Waals surface area contributed by atoms with E-state index in [0.717, 1.165) is 17.6 Å². The maximum atomic E-state index is 13.8. The second-order valence-electron chi connectivity index (χ2n) is 5.90. The van der Waals surface area contributed by atoms with Gasteiger partial charge in [0.2, 0.25) is 0 Å². The minimum absolute atomic E-state index is 0.0975. The third kappa shape index (κ3) is 5.14. The standard InChI is InChI=1S/C19H20BF2NO5/c1-26-19(25)16(23-18(24)14-5-4-6-15(21)17(14)22)11-12-7-9-13(10-8-12)20(27-2)28-3/h4-10,16H,11H2,1-3H3,(H,23,24)/t16-/m1/s1. The molecule has 1 N–H and O–H groups in total. The summed E-state index contributed by atoms with van der Waals surface area (Å²) in [6.07, 6.45) is 0.0975. The molecular weight excluding hydrogens is 371 g/mol. The maximum absolute atomic E-state index is 13.8. The Morgan fingerprint density at radius 2 is 1.68 bits per heavy atom. The summed E-state index contributed by atoms with van der Waals surface area (Å²) in [5.74, 6) is -4.05. The van der Waals surface area contributed by atoms with E-state index in [9.17, 15) is 18.4 Å². The van der Waals surface area contributed by atoms with Crippen molar-refractivity contribution < 1.29 is 32.4 Å². The van der Waals surface area contributed by atoms with Gasteiger partial charge >= 0.3 is 13.1 Å². The molecule has 2 rings (SSSR count). The summed E-state index contributed by atoms with van der Waals surface area (Å²) < 4.78 is 42.2. The first-order chi connectivity index (χ1) is 13.4. The van der Waals surface area contributed by atoms with Crippen LogP contribution in [0.5, 0.6) is 0 Å². The minimum Gasteiger partial charge on any atom is -0.467 e. The molecule has 2 aromatic rings. The number of methoxy groups -OCH3 is 1. The van der Waals surface area contributed by atoms with Crippen LogP contribution >= 0.6 is 0 Å². The number of benzene rings is 2. The molecule has 0 bridgehead atoms. The van der Waals surface area contributed by atoms with Crippen LogP contribution < -0.4 is 10.8 Å². The number of esters is 1. The third-order valence-electron chi connectivity index (χ3n) is 4.11. The summed E-state index contributed by atoms with van der Waals surface area (Å²) in [7, 11) is 3.67. The molecule has 0 aliphatic heterocycles. The lowest BCUT2D eigenvalue weighted by Gasteiger charge is -2.17. The average Bonchev–Trinajstić information content (AvgIpc) is 2.71. The van der Waals surface area contributed by atoms with Crippen LogP contribution in [0.25, 0.3) is 0 Å². The Morgan fingerprint density at radius 3 is 2.25 bits per heavy atom. The molecule has 1 atom stereocenters. The first kappa shape index (κ1) is 21.5. The van der Waals surface area contributed by atoms with Crippen molar-refractivity contribution in [3.05, 3.63) is 65.2 Å². The highest BCUT2D eigenvalue weighted by atomic mass is 19.2. The molecule has 6 nitrogen and oxygen atoms in total. The molecule has 0 fully saturated rings. The highest BCUT2D eigenvalue weighted by molar-refractivity contribution is 6.61. The van der Waals surface area contributed by atoms with Crippen LogP contribution in [0.3, 0.4) is 0 Å². The number of carbonyl (C=O) groups is 2. The molecule has 0 radical (unpaired) electrons. The van der Waals surface area contributed by atoms with Crippen molar-refractivity contribution in [1.82, 2.24) is 5.32 Å². The molecule has 28 heavy (non-hydrogen) atoms. The van der Waals surface area contributed by atoms with Crippen molar-refractivity contribution in [2.45, 2.75) is 12.5 Å². The lowest BCUT2D eigenvalue weighted by molar-refractivity contribution is -0.142. The van der Waals surface area contributed by atoms with Gasteiger partial charge in [0.05, 0.1) is 12.7 Å². The first-order valence-electron chi connectivity index (χ1n) is 8.38. The highest BCUT2D eigenvalue weighted by Crippen LogP contribution is 2.12. The molecule has 0 aliphatic carbocycles. The molecule has 1 amide bonds. The molecular formula is C19H20BF2NO5. The van der Waals surface area contributed by atoms with Crippen molar-refractivity contribution in [2.75, 3.05) is 21.3 Å². The van der Waals surface area contributed by atoms with Crippen LogP contribution in [0.1, 0.15) is 15.9 Å². The van der Waals surface area contributed by atoms with Crippen molar-refractivity contribution >= 4 is 24.5 Å². The number of ether oxygens (including phenoxy) is 1. The van der Waals surface area contributed by atoms with E-state index in [1.54, 1.807) is 24.3 Å². The molecule has 2 aromatic carbocycles. The number of hydrogen-bond donors (Lipinski definition) is 1. The van der Waals surface area contributed by atoms with Gasteiger partial charge < -0.3 is 19.4 Å². The van der Waals surface area contributed by atoms with Gasteiger partial charge in [-0.15, -0.1) is 0 Å². The highest BCUT2D eigenvalue weighted by Gasteiger charge is 2.25. The van der Waals surface area contributed by atoms with Gasteiger partial charge in [0.25, 0.3) is 5.91 Å². The average molecular weight is 391 g/mol. The zero-order valence-electron chi connectivity index (χ0n) is 15.7. The fraction of sp³-hybridized carbons (Fsp3) is 0.263. The number of rotatable bonds is 8. The molecule has 148 valence electrons. The van der Waals surface area contributed by atoms with Crippen molar-refractivity contribution in [1.29, 1.82) is 0 Å². The molecule has 0 aromatic heterocycles. The Bertz CT molecular complexity index is 828. The summed E-state index contributed by atoms with van der Waals surface area (Å²) >= 11 is 0. The van der Waals surface area contributed by atoms with Crippen LogP contribution in [-0.4, -0.2) is 46.4 Å². The Kier molecular flexibility index (Phi) is 7.65. The Labute approximate surface area is 161 Å². The molecule has 9 heteroatoms. The third-order valence-corrected chi connectivity index (χ3v) is 4.11. The van der Waals surface area contributed by atoms with E-state index in [1.807, 2.05) is 0 Å². The predicted molar refractivity (Wildman–Crippen MR) is 99.2 cm³/mol. The molecule has 0 saturated heterocycles. The summed E-state index contributed by atoms with van der Waals surface area (Å²) in [6.45, 7) is 0. The number of hydrogen-bond acceptors (Lipinski definition) is 5. The van der Waals surface area contributed by atoms with Crippen molar-refractivity contribution in [3.63, 3.8) is 0 Å². The Morgan fingerprint density at radius 1 is 1.04 bits per heavy atom. The summed E-state index contributed by atoms with van der Waals surface area (Å²) in [5.41, 5.74) is 0.992. The van der Waals surface area contributed by atoms with E-state index in [2.05, 4.69) is 5.32 Å². The first-order valence-corrected chi connectivity index (χ1v) is 8.38. The Balaban J connectivity index is 2.17. The van der Waals surface area contributed by atoms with E-state index in [4.69, 9.17) is 14.0 Å². The van der Waals surface area contributed by atoms with Gasteiger partial charge in [-0.3, -0.25) is 4.79 Å². The molecule has 0 spiro atoms. The van der Waals surface area contributed by atoms with E-state index in [1.165, 1.54) is 27.4 Å². The topological polar surface area (TPSA) is 73.9 Å². The lowest BCUT2D eigenvalue weighted by Crippen LogP contribution is -2.43. The second-order valence-corrected chi connectivity index (χ2v) is 5.90. The van der Waals surface area contributed by atoms with Gasteiger partial charge in [-0.2, -0.15) is 0 Å². The van der Waals surface area contributed by atoms with E-state index in [-0.39, 0.29) is 6.42 Å². The largest absolute Gasteiger partial charge is 0.493 e. The summed E-state index contributed by atoms with van der Waals surface area (Å²) in [5, 5.41) is 2.39. The molecule has 0 aliphatic rings. The van der Waals surface area contributed by atoms with Crippen LogP contribution in [0, 0.1) is 11.6 Å². The van der Waals surface area contributed by atoms with Crippen molar-refractivity contribution in [3.8, 4) is 0 Å². The zero-order valence-corrected chi connectivity index (χ0v) is 15.7. The number of nitrogens with one attached hydrogen (secondary N) is 1. The predicted octanol–water partition coefficient (Wildman–Crippen LogP) is 1.47.